The Morgan fingerprint density at radius 3 is 2.50 bits per heavy atom. The summed E-state index contributed by atoms with van der Waals surface area (Å²) in [6.07, 6.45) is 0. The zero-order valence-electron chi connectivity index (χ0n) is 6.64. The topological polar surface area (TPSA) is 9.23 Å². The third-order valence-electron chi connectivity index (χ3n) is 1.18. The monoisotopic (exact) mass is 128 g/mol. The van der Waals surface area contributed by atoms with Gasteiger partial charge >= 0.3 is 18.9 Å². The van der Waals surface area contributed by atoms with Crippen molar-refractivity contribution in [3.63, 3.8) is 0 Å². The van der Waals surface area contributed by atoms with Crippen molar-refractivity contribution in [3.8, 4) is 5.75 Å². The van der Waals surface area contributed by atoms with Crippen molar-refractivity contribution in [2.45, 2.75) is 6.92 Å². The minimum atomic E-state index is 0. The first-order valence-corrected chi connectivity index (χ1v) is 2.85. The summed E-state index contributed by atoms with van der Waals surface area (Å²) in [6, 6.07) is 8.75. The summed E-state index contributed by atoms with van der Waals surface area (Å²) in [7, 11) is 1.65. The summed E-state index contributed by atoms with van der Waals surface area (Å²) >= 11 is 0. The van der Waals surface area contributed by atoms with E-state index in [-0.39, 0.29) is 18.9 Å². The molecule has 0 aromatic heterocycles. The van der Waals surface area contributed by atoms with Crippen molar-refractivity contribution < 1.29 is 23.6 Å². The van der Waals surface area contributed by atoms with Crippen LogP contribution in [0.25, 0.3) is 0 Å². The number of hydrogen-bond acceptors (Lipinski definition) is 1. The zero-order valence-corrected chi connectivity index (χ0v) is 6.64. The molecule has 0 saturated carbocycles. The van der Waals surface area contributed by atoms with E-state index in [1.54, 1.807) is 7.11 Å². The molecule has 48 valence electrons. The number of benzene rings is 1. The van der Waals surface area contributed by atoms with Gasteiger partial charge in [-0.2, -0.15) is 17.7 Å². The number of rotatable bonds is 1. The number of ether oxygens (including phenoxy) is 1. The quantitative estimate of drug-likeness (QED) is 0.341. The molecular formula is C8H9LiO. The predicted octanol–water partition coefficient (Wildman–Crippen LogP) is -1.19. The third kappa shape index (κ3) is 2.47. The molecule has 0 aliphatic heterocycles. The van der Waals surface area contributed by atoms with E-state index < -0.39 is 0 Å². The van der Waals surface area contributed by atoms with Gasteiger partial charge in [-0.15, -0.1) is 12.1 Å². The largest absolute Gasteiger partial charge is 1.00 e. The molecular weight excluding hydrogens is 119 g/mol. The maximum Gasteiger partial charge on any atom is 1.00 e. The first kappa shape index (κ1) is 9.62. The second-order valence-corrected chi connectivity index (χ2v) is 1.91. The standard InChI is InChI=1S/C8H9O.Li/c1-7-3-5-8(9-2)6-4-7;/h3,5-6H,1-2H3;/q-1;+1. The molecule has 1 aromatic carbocycles. The van der Waals surface area contributed by atoms with Crippen LogP contribution in [0.5, 0.6) is 5.75 Å². The molecule has 10 heavy (non-hydrogen) atoms. The molecule has 0 radical (unpaired) electrons. The summed E-state index contributed by atoms with van der Waals surface area (Å²) in [5, 5.41) is 0. The average Bonchev–Trinajstić information content (AvgIpc) is 1.90. The van der Waals surface area contributed by atoms with Crippen LogP contribution in [-0.2, 0) is 0 Å². The van der Waals surface area contributed by atoms with Crippen LogP contribution in [0, 0.1) is 13.0 Å². The average molecular weight is 128 g/mol. The van der Waals surface area contributed by atoms with Crippen molar-refractivity contribution in [1.82, 2.24) is 0 Å². The molecule has 1 aromatic rings. The van der Waals surface area contributed by atoms with E-state index in [2.05, 4.69) is 6.07 Å². The third-order valence-corrected chi connectivity index (χ3v) is 1.18. The Hall–Kier alpha value is -0.383. The van der Waals surface area contributed by atoms with Crippen LogP contribution in [0.3, 0.4) is 0 Å². The maximum absolute atomic E-state index is 4.94. The van der Waals surface area contributed by atoms with Gasteiger partial charge in [-0.05, 0) is 0 Å². The van der Waals surface area contributed by atoms with Crippen molar-refractivity contribution in [2.24, 2.45) is 0 Å². The van der Waals surface area contributed by atoms with E-state index in [9.17, 15) is 0 Å². The number of methoxy groups -OCH3 is 1. The van der Waals surface area contributed by atoms with Crippen molar-refractivity contribution in [1.29, 1.82) is 0 Å². The van der Waals surface area contributed by atoms with E-state index in [1.165, 1.54) is 0 Å². The van der Waals surface area contributed by atoms with Gasteiger partial charge in [0.05, 0.1) is 7.11 Å². The summed E-state index contributed by atoms with van der Waals surface area (Å²) in [5.41, 5.74) is 1.14. The van der Waals surface area contributed by atoms with E-state index >= 15 is 0 Å². The molecule has 0 unspecified atom stereocenters. The van der Waals surface area contributed by atoms with Gasteiger partial charge in [0.2, 0.25) is 0 Å². The van der Waals surface area contributed by atoms with Gasteiger partial charge in [-0.1, -0.05) is 6.92 Å². The SMILES string of the molecule is COc1c[c-]c(C)cc1.[Li+]. The first-order chi connectivity index (χ1) is 4.33. The molecule has 0 saturated heterocycles. The molecule has 1 rings (SSSR count). The van der Waals surface area contributed by atoms with Gasteiger partial charge in [0.15, 0.2) is 0 Å². The smallest absolute Gasteiger partial charge is 0.554 e. The van der Waals surface area contributed by atoms with Crippen LogP contribution in [-0.4, -0.2) is 7.11 Å². The van der Waals surface area contributed by atoms with Gasteiger partial charge in [0.25, 0.3) is 0 Å². The number of hydrogen-bond donors (Lipinski definition) is 0. The molecule has 0 aliphatic rings. The Labute approximate surface area is 73.6 Å². The molecule has 0 heterocycles. The second-order valence-electron chi connectivity index (χ2n) is 1.91. The fourth-order valence-electron chi connectivity index (χ4n) is 0.615. The van der Waals surface area contributed by atoms with E-state index in [1.807, 2.05) is 25.1 Å². The van der Waals surface area contributed by atoms with Crippen molar-refractivity contribution >= 4 is 0 Å². The van der Waals surface area contributed by atoms with Gasteiger partial charge < -0.3 is 4.74 Å². The van der Waals surface area contributed by atoms with Gasteiger partial charge in [0.1, 0.15) is 0 Å². The fraction of sp³-hybridized carbons (Fsp3) is 0.250. The minimum Gasteiger partial charge on any atom is -0.554 e. The summed E-state index contributed by atoms with van der Waals surface area (Å²) < 4.78 is 4.94. The summed E-state index contributed by atoms with van der Waals surface area (Å²) in [5.74, 6) is 0.862. The normalized spacial score (nSPS) is 8.20. The summed E-state index contributed by atoms with van der Waals surface area (Å²) in [6.45, 7) is 2.00. The predicted molar refractivity (Wildman–Crippen MR) is 36.6 cm³/mol. The Morgan fingerprint density at radius 2 is 2.10 bits per heavy atom. The summed E-state index contributed by atoms with van der Waals surface area (Å²) in [4.78, 5) is 0. The molecule has 0 atom stereocenters. The van der Waals surface area contributed by atoms with E-state index in [0.717, 1.165) is 11.3 Å². The fourth-order valence-corrected chi connectivity index (χ4v) is 0.615. The molecule has 2 heteroatoms. The van der Waals surface area contributed by atoms with E-state index in [0.29, 0.717) is 0 Å². The van der Waals surface area contributed by atoms with Crippen LogP contribution in [0.1, 0.15) is 5.56 Å². The molecule has 0 spiro atoms. The van der Waals surface area contributed by atoms with Crippen LogP contribution in [0.4, 0.5) is 0 Å². The Morgan fingerprint density at radius 1 is 1.40 bits per heavy atom. The van der Waals surface area contributed by atoms with Gasteiger partial charge in [-0.3, -0.25) is 0 Å². The zero-order chi connectivity index (χ0) is 6.69. The molecule has 1 nitrogen and oxygen atoms in total. The van der Waals surface area contributed by atoms with Crippen LogP contribution < -0.4 is 23.6 Å². The van der Waals surface area contributed by atoms with E-state index in [4.69, 9.17) is 4.74 Å². The minimum absolute atomic E-state index is 0. The Bertz CT molecular complexity index is 181. The molecule has 0 N–H and O–H groups in total. The Kier molecular flexibility index (Phi) is 4.27. The van der Waals surface area contributed by atoms with Crippen molar-refractivity contribution in [3.05, 3.63) is 29.8 Å². The van der Waals surface area contributed by atoms with Crippen LogP contribution >= 0.6 is 0 Å². The van der Waals surface area contributed by atoms with Crippen molar-refractivity contribution in [2.75, 3.05) is 7.11 Å². The molecule has 0 bridgehead atoms. The Balaban J connectivity index is 0.000000810. The second kappa shape index (κ2) is 4.44. The molecule has 0 fully saturated rings. The van der Waals surface area contributed by atoms with Crippen LogP contribution in [0.15, 0.2) is 18.2 Å². The van der Waals surface area contributed by atoms with Crippen LogP contribution in [0.2, 0.25) is 0 Å². The molecule has 0 aliphatic carbocycles. The van der Waals surface area contributed by atoms with Gasteiger partial charge in [0, 0.05) is 5.75 Å². The maximum atomic E-state index is 4.94. The number of aryl methyl sites for hydroxylation is 1. The first-order valence-electron chi connectivity index (χ1n) is 2.85. The molecule has 0 amide bonds. The van der Waals surface area contributed by atoms with Gasteiger partial charge in [-0.25, -0.2) is 0 Å².